The maximum absolute atomic E-state index is 11.4. The molecule has 0 aromatic heterocycles. The smallest absolute Gasteiger partial charge is 0.123 e. The second kappa shape index (κ2) is 8.61. The van der Waals surface area contributed by atoms with Gasteiger partial charge in [0.25, 0.3) is 0 Å². The maximum Gasteiger partial charge on any atom is 0.123 e. The highest BCUT2D eigenvalue weighted by atomic mass is 16.3. The molecule has 2 nitrogen and oxygen atoms in total. The molecule has 0 amide bonds. The molecule has 2 N–H and O–H groups in total. The Bertz CT molecular complexity index is 987. The molecule has 2 heteroatoms. The number of benzene rings is 2. The van der Waals surface area contributed by atoms with Gasteiger partial charge in [0, 0.05) is 17.0 Å². The summed E-state index contributed by atoms with van der Waals surface area (Å²) < 4.78 is 0. The molecular weight excluding hydrogens is 416 g/mol. The van der Waals surface area contributed by atoms with E-state index >= 15 is 0 Å². The van der Waals surface area contributed by atoms with Crippen LogP contribution in [-0.2, 0) is 21.7 Å². The van der Waals surface area contributed by atoms with E-state index in [9.17, 15) is 10.2 Å². The van der Waals surface area contributed by atoms with Crippen molar-refractivity contribution in [2.45, 2.75) is 131 Å². The van der Waals surface area contributed by atoms with Gasteiger partial charge in [-0.05, 0) is 68.9 Å². The van der Waals surface area contributed by atoms with Crippen molar-refractivity contribution in [1.29, 1.82) is 0 Å². The predicted octanol–water partition coefficient (Wildman–Crippen LogP) is 9.06. The third-order valence-corrected chi connectivity index (χ3v) is 7.25. The van der Waals surface area contributed by atoms with E-state index < -0.39 is 0 Å². The average molecular weight is 467 g/mol. The highest BCUT2D eigenvalue weighted by molar-refractivity contribution is 5.60. The van der Waals surface area contributed by atoms with Gasteiger partial charge in [0.15, 0.2) is 0 Å². The highest BCUT2D eigenvalue weighted by Gasteiger charge is 2.33. The average Bonchev–Trinajstić information content (AvgIpc) is 2.56. The number of aromatic hydroxyl groups is 2. The molecule has 2 aromatic rings. The molecule has 190 valence electrons. The van der Waals surface area contributed by atoms with Gasteiger partial charge < -0.3 is 10.2 Å². The summed E-state index contributed by atoms with van der Waals surface area (Å²) in [6, 6.07) is 4.45. The Hall–Kier alpha value is -1.96. The monoisotopic (exact) mass is 466 g/mol. The molecule has 0 spiro atoms. The van der Waals surface area contributed by atoms with Crippen LogP contribution in [0.25, 0.3) is 0 Å². The Balaban J connectivity index is 3.02. The summed E-state index contributed by atoms with van der Waals surface area (Å²) in [5.41, 5.74) is 8.16. The molecule has 0 aliphatic heterocycles. The molecule has 0 radical (unpaired) electrons. The summed E-state index contributed by atoms with van der Waals surface area (Å²) in [6.45, 7) is 32.7. The normalized spacial score (nSPS) is 13.6. The van der Waals surface area contributed by atoms with Crippen LogP contribution < -0.4 is 0 Å². The summed E-state index contributed by atoms with van der Waals surface area (Å²) >= 11 is 0. The molecule has 0 saturated heterocycles. The Kier molecular flexibility index (Phi) is 7.16. The van der Waals surface area contributed by atoms with Crippen LogP contribution >= 0.6 is 0 Å². The number of hydrogen-bond donors (Lipinski definition) is 2. The molecule has 2 aromatic carbocycles. The van der Waals surface area contributed by atoms with Crippen LogP contribution in [0.4, 0.5) is 0 Å². The van der Waals surface area contributed by atoms with Crippen LogP contribution in [0.2, 0.25) is 0 Å². The van der Waals surface area contributed by atoms with E-state index in [0.29, 0.717) is 11.5 Å². The number of hydrogen-bond acceptors (Lipinski definition) is 2. The van der Waals surface area contributed by atoms with Crippen molar-refractivity contribution in [2.24, 2.45) is 0 Å². The van der Waals surface area contributed by atoms with Gasteiger partial charge in [0.2, 0.25) is 0 Å². The zero-order chi connectivity index (χ0) is 26.8. The second-order valence-corrected chi connectivity index (χ2v) is 14.4. The lowest BCUT2D eigenvalue weighted by Gasteiger charge is -2.34. The van der Waals surface area contributed by atoms with E-state index in [2.05, 4.69) is 116 Å². The van der Waals surface area contributed by atoms with Gasteiger partial charge in [-0.2, -0.15) is 0 Å². The topological polar surface area (TPSA) is 40.5 Å². The van der Waals surface area contributed by atoms with E-state index in [0.717, 1.165) is 33.4 Å². The van der Waals surface area contributed by atoms with Gasteiger partial charge in [-0.25, -0.2) is 0 Å². The highest BCUT2D eigenvalue weighted by Crippen LogP contribution is 2.48. The Morgan fingerprint density at radius 2 is 0.794 bits per heavy atom. The molecule has 0 aliphatic rings. The van der Waals surface area contributed by atoms with Gasteiger partial charge in [-0.15, -0.1) is 0 Å². The van der Waals surface area contributed by atoms with Crippen molar-refractivity contribution in [3.05, 3.63) is 56.6 Å². The molecular formula is C32H50O2. The summed E-state index contributed by atoms with van der Waals surface area (Å²) in [5.74, 6) is 0.980. The van der Waals surface area contributed by atoms with Crippen LogP contribution in [0.5, 0.6) is 11.5 Å². The van der Waals surface area contributed by atoms with Crippen molar-refractivity contribution >= 4 is 0 Å². The minimum absolute atomic E-state index is 0.116. The fourth-order valence-electron chi connectivity index (χ4n) is 5.62. The lowest BCUT2D eigenvalue weighted by Crippen LogP contribution is -2.22. The van der Waals surface area contributed by atoms with Crippen molar-refractivity contribution in [1.82, 2.24) is 0 Å². The standard InChI is InChI=1S/C32H50O2/c1-18(21-16-23(29(4,5)6)27(33)25(19(21)2)31(10,11)12)22-17-24(30(7,8)9)28(34)26(20(22)3)32(13,14)15/h16-18,33-34H,1-15H3. The van der Waals surface area contributed by atoms with Gasteiger partial charge in [0.1, 0.15) is 11.5 Å². The zero-order valence-electron chi connectivity index (χ0n) is 24.6. The van der Waals surface area contributed by atoms with E-state index in [1.54, 1.807) is 0 Å². The van der Waals surface area contributed by atoms with Crippen molar-refractivity contribution in [2.75, 3.05) is 0 Å². The predicted molar refractivity (Wildman–Crippen MR) is 148 cm³/mol. The number of phenols is 2. The lowest BCUT2D eigenvalue weighted by molar-refractivity contribution is 0.420. The molecule has 0 atom stereocenters. The number of phenolic OH excluding ortho intramolecular Hbond substituents is 2. The lowest BCUT2D eigenvalue weighted by atomic mass is 9.71. The van der Waals surface area contributed by atoms with Gasteiger partial charge in [-0.1, -0.05) is 102 Å². The first kappa shape index (κ1) is 28.3. The van der Waals surface area contributed by atoms with E-state index in [1.807, 2.05) is 0 Å². The van der Waals surface area contributed by atoms with Crippen molar-refractivity contribution in [3.8, 4) is 11.5 Å². The van der Waals surface area contributed by atoms with Gasteiger partial charge in [0.05, 0.1) is 0 Å². The Morgan fingerprint density at radius 1 is 0.529 bits per heavy atom. The minimum Gasteiger partial charge on any atom is -0.507 e. The van der Waals surface area contributed by atoms with Gasteiger partial charge >= 0.3 is 0 Å². The molecule has 0 bridgehead atoms. The summed E-state index contributed by atoms with van der Waals surface area (Å²) in [5, 5.41) is 22.8. The quantitative estimate of drug-likeness (QED) is 0.463. The Morgan fingerprint density at radius 3 is 1.00 bits per heavy atom. The van der Waals surface area contributed by atoms with Crippen molar-refractivity contribution < 1.29 is 10.2 Å². The summed E-state index contributed by atoms with van der Waals surface area (Å²) in [7, 11) is 0. The van der Waals surface area contributed by atoms with Crippen LogP contribution in [-0.4, -0.2) is 10.2 Å². The Labute approximate surface area is 209 Å². The van der Waals surface area contributed by atoms with Crippen LogP contribution in [0, 0.1) is 13.8 Å². The third kappa shape index (κ3) is 5.16. The first-order chi connectivity index (χ1) is 15.0. The molecule has 0 fully saturated rings. The maximum atomic E-state index is 11.4. The first-order valence-electron chi connectivity index (χ1n) is 12.8. The fourth-order valence-corrected chi connectivity index (χ4v) is 5.62. The zero-order valence-corrected chi connectivity index (χ0v) is 24.6. The SMILES string of the molecule is Cc1c(C(C)c2cc(C(C)(C)C)c(O)c(C(C)(C)C)c2C)cc(C(C)(C)C)c(O)c1C(C)(C)C. The molecule has 2 rings (SSSR count). The van der Waals surface area contributed by atoms with Crippen LogP contribution in [0.1, 0.15) is 140 Å². The number of rotatable bonds is 2. The molecule has 0 aliphatic carbocycles. The van der Waals surface area contributed by atoms with Crippen molar-refractivity contribution in [3.63, 3.8) is 0 Å². The molecule has 0 saturated carbocycles. The van der Waals surface area contributed by atoms with E-state index in [-0.39, 0.29) is 27.6 Å². The van der Waals surface area contributed by atoms with E-state index in [4.69, 9.17) is 0 Å². The summed E-state index contributed by atoms with van der Waals surface area (Å²) in [6.07, 6.45) is 0. The molecule has 0 heterocycles. The fraction of sp³-hybridized carbons (Fsp3) is 0.625. The molecule has 0 unspecified atom stereocenters. The second-order valence-electron chi connectivity index (χ2n) is 14.4. The molecule has 34 heavy (non-hydrogen) atoms. The summed E-state index contributed by atoms with van der Waals surface area (Å²) in [4.78, 5) is 0. The largest absolute Gasteiger partial charge is 0.507 e. The van der Waals surface area contributed by atoms with Crippen LogP contribution in [0.3, 0.4) is 0 Å². The van der Waals surface area contributed by atoms with E-state index in [1.165, 1.54) is 11.1 Å². The minimum atomic E-state index is -0.180. The van der Waals surface area contributed by atoms with Gasteiger partial charge in [-0.3, -0.25) is 0 Å². The van der Waals surface area contributed by atoms with Crippen LogP contribution in [0.15, 0.2) is 12.1 Å². The first-order valence-corrected chi connectivity index (χ1v) is 12.8. The third-order valence-electron chi connectivity index (χ3n) is 7.25.